The summed E-state index contributed by atoms with van der Waals surface area (Å²) < 4.78 is 41.8. The normalized spacial score (nSPS) is 11.7. The van der Waals surface area contributed by atoms with Gasteiger partial charge in [-0.25, -0.2) is 22.5 Å². The van der Waals surface area contributed by atoms with Gasteiger partial charge in [-0.15, -0.1) is 0 Å². The van der Waals surface area contributed by atoms with Gasteiger partial charge in [-0.3, -0.25) is 0 Å². The number of hydrogen-bond acceptors (Lipinski definition) is 6. The van der Waals surface area contributed by atoms with Crippen molar-refractivity contribution in [3.8, 4) is 5.69 Å². The summed E-state index contributed by atoms with van der Waals surface area (Å²) in [5.74, 6) is -0.534. The molecule has 0 atom stereocenters. The molecule has 4 rings (SSSR count). The molecule has 4 aromatic rings. The molecule has 0 radical (unpaired) electrons. The first kappa shape index (κ1) is 22.6. The molecule has 0 spiro atoms. The Morgan fingerprint density at radius 3 is 2.48 bits per heavy atom. The quantitative estimate of drug-likeness (QED) is 0.163. The average Bonchev–Trinajstić information content (AvgIpc) is 3.15. The van der Waals surface area contributed by atoms with Gasteiger partial charge < -0.3 is 4.84 Å². The fourth-order valence-corrected chi connectivity index (χ4v) is 4.78. The van der Waals surface area contributed by atoms with Crippen molar-refractivity contribution < 1.29 is 17.6 Å². The van der Waals surface area contributed by atoms with Crippen LogP contribution in [0.4, 0.5) is 4.39 Å². The molecule has 7 nitrogen and oxygen atoms in total. The molecule has 168 valence electrons. The van der Waals surface area contributed by atoms with Gasteiger partial charge in [0, 0.05) is 11.8 Å². The third-order valence-corrected chi connectivity index (χ3v) is 6.74. The van der Waals surface area contributed by atoms with Crippen LogP contribution in [-0.2, 0) is 21.3 Å². The number of halogens is 2. The van der Waals surface area contributed by atoms with Crippen LogP contribution in [0.25, 0.3) is 5.69 Å². The molecule has 0 aliphatic heterocycles. The molecule has 0 bridgehead atoms. The van der Waals surface area contributed by atoms with Crippen molar-refractivity contribution in [2.45, 2.75) is 23.5 Å². The molecule has 10 heteroatoms. The highest BCUT2D eigenvalue weighted by Crippen LogP contribution is 2.28. The number of sulfone groups is 1. The number of aryl methyl sites for hydroxylation is 1. The van der Waals surface area contributed by atoms with Crippen molar-refractivity contribution in [2.75, 3.05) is 0 Å². The van der Waals surface area contributed by atoms with E-state index in [1.165, 1.54) is 23.0 Å². The van der Waals surface area contributed by atoms with Crippen LogP contribution < -0.4 is 0 Å². The van der Waals surface area contributed by atoms with E-state index < -0.39 is 15.7 Å². The Morgan fingerprint density at radius 1 is 1.09 bits per heavy atom. The van der Waals surface area contributed by atoms with Gasteiger partial charge in [-0.1, -0.05) is 41.0 Å². The van der Waals surface area contributed by atoms with Crippen LogP contribution in [0.1, 0.15) is 16.8 Å². The molecule has 0 unspecified atom stereocenters. The molecule has 0 aliphatic rings. The molecule has 2 heterocycles. The lowest BCUT2D eigenvalue weighted by Gasteiger charge is -2.10. The number of oxime groups is 1. The zero-order valence-electron chi connectivity index (χ0n) is 17.4. The zero-order chi connectivity index (χ0) is 23.4. The lowest BCUT2D eigenvalue weighted by atomic mass is 10.3. The molecule has 0 saturated carbocycles. The fourth-order valence-electron chi connectivity index (χ4n) is 3.09. The van der Waals surface area contributed by atoms with E-state index in [1.54, 1.807) is 49.5 Å². The summed E-state index contributed by atoms with van der Waals surface area (Å²) in [5, 5.41) is 8.64. The highest BCUT2D eigenvalue weighted by Gasteiger charge is 2.29. The van der Waals surface area contributed by atoms with Crippen molar-refractivity contribution in [1.29, 1.82) is 0 Å². The maximum absolute atomic E-state index is 13.6. The number of para-hydroxylation sites is 1. The molecule has 2 aromatic heterocycles. The maximum atomic E-state index is 13.6. The minimum atomic E-state index is -4.08. The summed E-state index contributed by atoms with van der Waals surface area (Å²) in [7, 11) is -4.08. The lowest BCUT2D eigenvalue weighted by Crippen LogP contribution is -2.12. The first-order chi connectivity index (χ1) is 15.9. The minimum absolute atomic E-state index is 0.0659. The van der Waals surface area contributed by atoms with Crippen molar-refractivity contribution in [3.63, 3.8) is 0 Å². The number of nitrogens with zero attached hydrogens (tertiary/aromatic N) is 4. The highest BCUT2D eigenvalue weighted by atomic mass is 35.5. The molecule has 2 aromatic carbocycles. The number of benzene rings is 2. The van der Waals surface area contributed by atoms with E-state index in [-0.39, 0.29) is 22.1 Å². The Morgan fingerprint density at radius 2 is 1.82 bits per heavy atom. The topological polar surface area (TPSA) is 86.4 Å². The Kier molecular flexibility index (Phi) is 6.52. The largest absolute Gasteiger partial charge is 0.391 e. The summed E-state index contributed by atoms with van der Waals surface area (Å²) >= 11 is 5.77. The number of rotatable bonds is 7. The van der Waals surface area contributed by atoms with Crippen LogP contribution in [0.5, 0.6) is 0 Å². The maximum Gasteiger partial charge on any atom is 0.224 e. The molecule has 33 heavy (non-hydrogen) atoms. The fraction of sp³-hybridized carbons (Fsp3) is 0.0870. The van der Waals surface area contributed by atoms with E-state index in [4.69, 9.17) is 16.4 Å². The smallest absolute Gasteiger partial charge is 0.224 e. The van der Waals surface area contributed by atoms with Gasteiger partial charge in [0.1, 0.15) is 17.6 Å². The SMILES string of the molecule is Cc1nn(-c2ccccc2)c(S(=O)(=O)c2ccc(F)cc2)c1/C=N/OCc1ccc(Cl)nc1. The van der Waals surface area contributed by atoms with Gasteiger partial charge in [-0.05, 0) is 49.4 Å². The second-order valence-electron chi connectivity index (χ2n) is 7.01. The van der Waals surface area contributed by atoms with Crippen molar-refractivity contribution in [1.82, 2.24) is 14.8 Å². The van der Waals surface area contributed by atoms with E-state index in [9.17, 15) is 12.8 Å². The number of pyridine rings is 1. The first-order valence-corrected chi connectivity index (χ1v) is 11.6. The van der Waals surface area contributed by atoms with Gasteiger partial charge in [0.15, 0.2) is 5.03 Å². The van der Waals surface area contributed by atoms with Crippen LogP contribution in [-0.4, -0.2) is 29.4 Å². The molecular weight excluding hydrogens is 467 g/mol. The average molecular weight is 485 g/mol. The lowest BCUT2D eigenvalue weighted by molar-refractivity contribution is 0.132. The van der Waals surface area contributed by atoms with Gasteiger partial charge in [0.2, 0.25) is 9.84 Å². The second-order valence-corrected chi connectivity index (χ2v) is 9.26. The standard InChI is InChI=1S/C23H18ClFN4O3S/c1-16-21(14-27-32-15-17-7-12-22(24)26-13-17)23(29(28-16)19-5-3-2-4-6-19)33(30,31)20-10-8-18(25)9-11-20/h2-14H,15H2,1H3/b27-14+. The number of aromatic nitrogens is 3. The molecular formula is C23H18ClFN4O3S. The van der Waals surface area contributed by atoms with Crippen LogP contribution in [0.2, 0.25) is 5.15 Å². The van der Waals surface area contributed by atoms with Crippen molar-refractivity contribution in [3.05, 3.63) is 101 Å². The van der Waals surface area contributed by atoms with Gasteiger partial charge in [0.25, 0.3) is 0 Å². The highest BCUT2D eigenvalue weighted by molar-refractivity contribution is 7.91. The zero-order valence-corrected chi connectivity index (χ0v) is 19.0. The van der Waals surface area contributed by atoms with Crippen LogP contribution in [0, 0.1) is 12.7 Å². The number of hydrogen-bond donors (Lipinski definition) is 0. The van der Waals surface area contributed by atoms with E-state index >= 15 is 0 Å². The summed E-state index contributed by atoms with van der Waals surface area (Å²) in [4.78, 5) is 9.23. The molecule has 0 fully saturated rings. The molecule has 0 N–H and O–H groups in total. The van der Waals surface area contributed by atoms with Gasteiger partial charge in [-0.2, -0.15) is 5.10 Å². The first-order valence-electron chi connectivity index (χ1n) is 9.78. The third kappa shape index (κ3) is 4.94. The van der Waals surface area contributed by atoms with E-state index in [1.807, 2.05) is 6.07 Å². The Bertz CT molecular complexity index is 1390. The van der Waals surface area contributed by atoms with E-state index in [2.05, 4.69) is 15.2 Å². The molecule has 0 aliphatic carbocycles. The predicted octanol–water partition coefficient (Wildman–Crippen LogP) is 4.75. The Balaban J connectivity index is 1.74. The van der Waals surface area contributed by atoms with Crippen LogP contribution in [0.3, 0.4) is 0 Å². The van der Waals surface area contributed by atoms with E-state index in [0.29, 0.717) is 16.5 Å². The van der Waals surface area contributed by atoms with Crippen LogP contribution >= 0.6 is 11.6 Å². The Hall–Kier alpha value is -3.56. The predicted molar refractivity (Wildman–Crippen MR) is 122 cm³/mol. The molecule has 0 amide bonds. The van der Waals surface area contributed by atoms with Crippen LogP contribution in [0.15, 0.2) is 88.0 Å². The molecule has 0 saturated heterocycles. The second kappa shape index (κ2) is 9.51. The summed E-state index contributed by atoms with van der Waals surface area (Å²) in [6.45, 7) is 1.79. The van der Waals surface area contributed by atoms with E-state index in [0.717, 1.165) is 17.7 Å². The van der Waals surface area contributed by atoms with Crippen molar-refractivity contribution in [2.24, 2.45) is 5.16 Å². The summed E-state index contributed by atoms with van der Waals surface area (Å²) in [6, 6.07) is 16.8. The summed E-state index contributed by atoms with van der Waals surface area (Å²) in [5.41, 5.74) is 1.99. The van der Waals surface area contributed by atoms with Gasteiger partial charge >= 0.3 is 0 Å². The third-order valence-electron chi connectivity index (χ3n) is 4.72. The van der Waals surface area contributed by atoms with Crippen molar-refractivity contribution >= 4 is 27.7 Å². The summed E-state index contributed by atoms with van der Waals surface area (Å²) in [6.07, 6.45) is 2.86. The minimum Gasteiger partial charge on any atom is -0.391 e. The van der Waals surface area contributed by atoms with Gasteiger partial charge in [0.05, 0.1) is 28.1 Å². The monoisotopic (exact) mass is 484 g/mol. The Labute approximate surface area is 195 Å².